The molecule has 9 heteroatoms. The molecule has 0 spiro atoms. The molecular formula is C19H16ClN3O4S. The van der Waals surface area contributed by atoms with Crippen LogP contribution in [0.25, 0.3) is 10.9 Å². The Kier molecular flexibility index (Phi) is 4.82. The van der Waals surface area contributed by atoms with Gasteiger partial charge >= 0.3 is 0 Å². The van der Waals surface area contributed by atoms with Crippen LogP contribution in [0.3, 0.4) is 0 Å². The van der Waals surface area contributed by atoms with Gasteiger partial charge in [0, 0.05) is 17.0 Å². The Labute approximate surface area is 167 Å². The van der Waals surface area contributed by atoms with E-state index in [9.17, 15) is 8.42 Å². The fourth-order valence-corrected chi connectivity index (χ4v) is 3.72. The molecule has 2 heterocycles. The molecule has 4 rings (SSSR count). The molecule has 7 nitrogen and oxygen atoms in total. The van der Waals surface area contributed by atoms with Crippen LogP contribution in [-0.4, -0.2) is 32.8 Å². The van der Waals surface area contributed by atoms with Crippen molar-refractivity contribution in [1.29, 1.82) is 0 Å². The fourth-order valence-electron chi connectivity index (χ4n) is 2.73. The minimum Gasteiger partial charge on any atom is -0.486 e. The number of hydrogen-bond donors (Lipinski definition) is 1. The van der Waals surface area contributed by atoms with Crippen LogP contribution < -0.4 is 14.3 Å². The molecule has 2 aromatic carbocycles. The third-order valence-electron chi connectivity index (χ3n) is 4.17. The van der Waals surface area contributed by atoms with Crippen molar-refractivity contribution >= 4 is 38.7 Å². The van der Waals surface area contributed by atoms with E-state index in [1.165, 1.54) is 18.3 Å². The Morgan fingerprint density at radius 1 is 1.11 bits per heavy atom. The largest absolute Gasteiger partial charge is 0.486 e. The van der Waals surface area contributed by atoms with Crippen LogP contribution in [0.15, 0.2) is 52.5 Å². The molecule has 0 unspecified atom stereocenters. The second-order valence-corrected chi connectivity index (χ2v) is 8.24. The average molecular weight is 418 g/mol. The van der Waals surface area contributed by atoms with Crippen LogP contribution in [0, 0.1) is 6.92 Å². The molecule has 0 aliphatic carbocycles. The quantitative estimate of drug-likeness (QED) is 0.399. The third kappa shape index (κ3) is 3.74. The summed E-state index contributed by atoms with van der Waals surface area (Å²) in [6.45, 7) is 2.84. The lowest BCUT2D eigenvalue weighted by Crippen LogP contribution is -2.18. The van der Waals surface area contributed by atoms with Crippen molar-refractivity contribution in [2.24, 2.45) is 5.10 Å². The molecule has 1 aliphatic heterocycles. The first-order valence-electron chi connectivity index (χ1n) is 8.44. The van der Waals surface area contributed by atoms with Crippen LogP contribution in [0.2, 0.25) is 5.15 Å². The number of hydrogen-bond acceptors (Lipinski definition) is 6. The first-order chi connectivity index (χ1) is 13.4. The van der Waals surface area contributed by atoms with E-state index in [4.69, 9.17) is 21.1 Å². The molecule has 0 saturated heterocycles. The van der Waals surface area contributed by atoms with Crippen molar-refractivity contribution in [1.82, 2.24) is 9.82 Å². The fraction of sp³-hybridized carbons (Fsp3) is 0.158. The zero-order chi connectivity index (χ0) is 19.7. The van der Waals surface area contributed by atoms with E-state index >= 15 is 0 Å². The number of rotatable bonds is 4. The number of aryl methyl sites for hydroxylation is 1. The smallest absolute Gasteiger partial charge is 0.276 e. The molecule has 0 fully saturated rings. The zero-order valence-electron chi connectivity index (χ0n) is 14.8. The highest BCUT2D eigenvalue weighted by Gasteiger charge is 2.15. The Bertz CT molecular complexity index is 1180. The third-order valence-corrected chi connectivity index (χ3v) is 5.71. The number of nitrogens with zero attached hydrogens (tertiary/aromatic N) is 2. The summed E-state index contributed by atoms with van der Waals surface area (Å²) in [5.74, 6) is 1.25. The topological polar surface area (TPSA) is 89.9 Å². The van der Waals surface area contributed by atoms with Crippen molar-refractivity contribution in [2.75, 3.05) is 13.2 Å². The lowest BCUT2D eigenvalue weighted by molar-refractivity contribution is 0.172. The van der Waals surface area contributed by atoms with Gasteiger partial charge in [0.25, 0.3) is 10.0 Å². The zero-order valence-corrected chi connectivity index (χ0v) is 16.4. The monoisotopic (exact) mass is 417 g/mol. The molecule has 1 aromatic heterocycles. The minimum absolute atomic E-state index is 0.127. The van der Waals surface area contributed by atoms with Crippen LogP contribution in [0.4, 0.5) is 0 Å². The van der Waals surface area contributed by atoms with E-state index < -0.39 is 10.0 Å². The Morgan fingerprint density at radius 3 is 2.50 bits per heavy atom. The summed E-state index contributed by atoms with van der Waals surface area (Å²) in [6, 6.07) is 11.8. The summed E-state index contributed by atoms with van der Waals surface area (Å²) in [4.78, 5) is 6.63. The normalized spacial score (nSPS) is 13.8. The molecule has 28 heavy (non-hydrogen) atoms. The number of pyridine rings is 1. The maximum absolute atomic E-state index is 12.3. The van der Waals surface area contributed by atoms with Gasteiger partial charge in [0.15, 0.2) is 11.5 Å². The molecule has 144 valence electrons. The highest BCUT2D eigenvalue weighted by Crippen LogP contribution is 2.34. The second kappa shape index (κ2) is 7.29. The second-order valence-electron chi connectivity index (χ2n) is 6.22. The average Bonchev–Trinajstić information content (AvgIpc) is 2.67. The Balaban J connectivity index is 1.60. The number of nitrogens with one attached hydrogen (secondary N) is 1. The van der Waals surface area contributed by atoms with Gasteiger partial charge in [0.2, 0.25) is 0 Å². The van der Waals surface area contributed by atoms with Crippen molar-refractivity contribution in [3.05, 3.63) is 58.7 Å². The lowest BCUT2D eigenvalue weighted by atomic mass is 10.1. The van der Waals surface area contributed by atoms with Crippen molar-refractivity contribution in [2.45, 2.75) is 11.8 Å². The maximum atomic E-state index is 12.3. The van der Waals surface area contributed by atoms with Gasteiger partial charge in [-0.3, -0.25) is 0 Å². The first-order valence-corrected chi connectivity index (χ1v) is 10.3. The van der Waals surface area contributed by atoms with E-state index in [0.29, 0.717) is 35.8 Å². The van der Waals surface area contributed by atoms with Gasteiger partial charge in [-0.25, -0.2) is 9.82 Å². The van der Waals surface area contributed by atoms with E-state index in [1.807, 2.05) is 6.92 Å². The molecule has 1 aliphatic rings. The summed E-state index contributed by atoms with van der Waals surface area (Å²) in [5.41, 5.74) is 2.08. The van der Waals surface area contributed by atoms with E-state index in [1.54, 1.807) is 30.3 Å². The van der Waals surface area contributed by atoms with Gasteiger partial charge in [-0.15, -0.1) is 0 Å². The molecule has 0 bridgehead atoms. The Hall–Kier alpha value is -2.84. The predicted octanol–water partition coefficient (Wildman–Crippen LogP) is 3.28. The van der Waals surface area contributed by atoms with E-state index in [-0.39, 0.29) is 10.0 Å². The van der Waals surface area contributed by atoms with Crippen LogP contribution >= 0.6 is 11.6 Å². The number of aromatic nitrogens is 1. The summed E-state index contributed by atoms with van der Waals surface area (Å²) in [7, 11) is -3.76. The van der Waals surface area contributed by atoms with E-state index in [0.717, 1.165) is 10.9 Å². The molecule has 3 aromatic rings. The molecule has 0 atom stereocenters. The van der Waals surface area contributed by atoms with Gasteiger partial charge in [0.05, 0.1) is 16.6 Å². The highest BCUT2D eigenvalue weighted by molar-refractivity contribution is 7.89. The Morgan fingerprint density at radius 2 is 1.79 bits per heavy atom. The summed E-state index contributed by atoms with van der Waals surface area (Å²) >= 11 is 6.22. The number of halogens is 1. The van der Waals surface area contributed by atoms with Crippen LogP contribution in [-0.2, 0) is 10.0 Å². The molecular weight excluding hydrogens is 402 g/mol. The number of sulfonamides is 1. The molecule has 0 saturated carbocycles. The minimum atomic E-state index is -3.76. The summed E-state index contributed by atoms with van der Waals surface area (Å²) < 4.78 is 35.7. The first kappa shape index (κ1) is 18.5. The van der Waals surface area contributed by atoms with Gasteiger partial charge in [-0.05, 0) is 31.2 Å². The molecule has 0 amide bonds. The van der Waals surface area contributed by atoms with Crippen LogP contribution in [0.1, 0.15) is 11.1 Å². The van der Waals surface area contributed by atoms with Gasteiger partial charge in [0.1, 0.15) is 18.4 Å². The predicted molar refractivity (Wildman–Crippen MR) is 107 cm³/mol. The number of ether oxygens (including phenoxy) is 2. The van der Waals surface area contributed by atoms with Gasteiger partial charge in [-0.1, -0.05) is 29.3 Å². The van der Waals surface area contributed by atoms with Crippen molar-refractivity contribution in [3.8, 4) is 11.5 Å². The van der Waals surface area contributed by atoms with Crippen LogP contribution in [0.5, 0.6) is 11.5 Å². The summed E-state index contributed by atoms with van der Waals surface area (Å²) in [6.07, 6.45) is 1.32. The number of fused-ring (bicyclic) bond motifs is 2. The number of hydrazone groups is 1. The van der Waals surface area contributed by atoms with Crippen molar-refractivity contribution < 1.29 is 17.9 Å². The standard InChI is InChI=1S/C19H16ClN3O4S/c1-12-2-4-15(5-3-12)28(24,25)23-21-11-14-8-13-9-17-18(27-7-6-26-17)10-16(13)22-19(14)20/h2-5,8-11,23H,6-7H2,1H3/b21-11-. The maximum Gasteiger partial charge on any atom is 0.276 e. The summed E-state index contributed by atoms with van der Waals surface area (Å²) in [5, 5.41) is 4.80. The van der Waals surface area contributed by atoms with Crippen molar-refractivity contribution in [3.63, 3.8) is 0 Å². The van der Waals surface area contributed by atoms with Gasteiger partial charge < -0.3 is 9.47 Å². The van der Waals surface area contributed by atoms with E-state index in [2.05, 4.69) is 14.9 Å². The number of benzene rings is 2. The highest BCUT2D eigenvalue weighted by atomic mass is 35.5. The lowest BCUT2D eigenvalue weighted by Gasteiger charge is -2.18. The van der Waals surface area contributed by atoms with Gasteiger partial charge in [-0.2, -0.15) is 13.5 Å². The SMILES string of the molecule is Cc1ccc(S(=O)(=O)N/N=C\c2cc3cc4c(cc3nc2Cl)OCCO4)cc1. The molecule has 0 radical (unpaired) electrons. The molecule has 1 N–H and O–H groups in total.